The summed E-state index contributed by atoms with van der Waals surface area (Å²) in [7, 11) is 5.00. The molecular formula is C22H19N3O3S2. The number of fused-ring (bicyclic) bond motifs is 3. The number of amides is 1. The highest BCUT2D eigenvalue weighted by molar-refractivity contribution is 7.80. The molecule has 152 valence electrons. The van der Waals surface area contributed by atoms with Crippen LogP contribution in [0.25, 0.3) is 21.0 Å². The smallest absolute Gasteiger partial charge is 0.257 e. The number of aromatic nitrogens is 1. The van der Waals surface area contributed by atoms with Crippen LogP contribution in [-0.4, -0.2) is 29.8 Å². The summed E-state index contributed by atoms with van der Waals surface area (Å²) < 4.78 is 13.5. The minimum Gasteiger partial charge on any atom is -0.497 e. The van der Waals surface area contributed by atoms with Gasteiger partial charge in [0.1, 0.15) is 11.5 Å². The molecule has 6 nitrogen and oxygen atoms in total. The number of methoxy groups -OCH3 is 2. The maximum atomic E-state index is 12.6. The fourth-order valence-electron chi connectivity index (χ4n) is 3.25. The van der Waals surface area contributed by atoms with Crippen LogP contribution < -0.4 is 19.6 Å². The first-order valence-corrected chi connectivity index (χ1v) is 10.3. The van der Waals surface area contributed by atoms with Crippen LogP contribution >= 0.6 is 23.6 Å². The zero-order valence-corrected chi connectivity index (χ0v) is 18.3. The van der Waals surface area contributed by atoms with E-state index < -0.39 is 0 Å². The number of nitrogens with zero attached hydrogens (tertiary/aromatic N) is 2. The first kappa shape index (κ1) is 20.1. The van der Waals surface area contributed by atoms with Gasteiger partial charge in [-0.3, -0.25) is 10.1 Å². The van der Waals surface area contributed by atoms with Crippen LogP contribution in [0.2, 0.25) is 0 Å². The number of aryl methyl sites for hydroxylation is 1. The summed E-state index contributed by atoms with van der Waals surface area (Å²) in [5.41, 5.74) is 1.46. The van der Waals surface area contributed by atoms with E-state index in [1.54, 1.807) is 18.2 Å². The Labute approximate surface area is 182 Å². The molecule has 0 radical (unpaired) electrons. The average molecular weight is 438 g/mol. The van der Waals surface area contributed by atoms with E-state index in [9.17, 15) is 4.79 Å². The number of benzene rings is 3. The predicted molar refractivity (Wildman–Crippen MR) is 123 cm³/mol. The van der Waals surface area contributed by atoms with E-state index in [1.807, 2.05) is 23.7 Å². The van der Waals surface area contributed by atoms with E-state index in [-0.39, 0.29) is 11.0 Å². The molecule has 0 aliphatic heterocycles. The Hall–Kier alpha value is -3.23. The standard InChI is InChI=1S/C22H19N3O3S2/c1-25-19-17-7-5-4-6-13(17)8-9-18(19)30-22(25)24-21(29)23-20(26)14-10-15(27-2)12-16(11-14)28-3/h4-12H,1-3H3,(H,23,26,29). The van der Waals surface area contributed by atoms with Crippen molar-refractivity contribution < 1.29 is 14.3 Å². The molecule has 0 aliphatic carbocycles. The third kappa shape index (κ3) is 3.79. The van der Waals surface area contributed by atoms with E-state index in [0.717, 1.165) is 21.0 Å². The minimum atomic E-state index is -0.379. The van der Waals surface area contributed by atoms with Crippen molar-refractivity contribution in [3.8, 4) is 11.5 Å². The topological polar surface area (TPSA) is 64.8 Å². The van der Waals surface area contributed by atoms with Crippen LogP contribution in [0.5, 0.6) is 11.5 Å². The molecule has 0 atom stereocenters. The molecule has 4 rings (SSSR count). The molecule has 4 aromatic rings. The van der Waals surface area contributed by atoms with Crippen molar-refractivity contribution >= 4 is 55.6 Å². The molecule has 8 heteroatoms. The SMILES string of the molecule is COc1cc(OC)cc(C(=O)NC(=S)N=c2sc3ccc4ccccc4c3n2C)c1. The zero-order valence-electron chi connectivity index (χ0n) is 16.6. The molecule has 1 N–H and O–H groups in total. The second-order valence-electron chi connectivity index (χ2n) is 6.55. The van der Waals surface area contributed by atoms with Gasteiger partial charge in [-0.25, -0.2) is 0 Å². The molecule has 1 heterocycles. The van der Waals surface area contributed by atoms with Crippen LogP contribution in [0.4, 0.5) is 0 Å². The Bertz CT molecular complexity index is 1330. The molecule has 3 aromatic carbocycles. The van der Waals surface area contributed by atoms with E-state index in [2.05, 4.69) is 34.6 Å². The lowest BCUT2D eigenvalue weighted by Gasteiger charge is -2.08. The third-order valence-electron chi connectivity index (χ3n) is 4.72. The van der Waals surface area contributed by atoms with Gasteiger partial charge in [-0.05, 0) is 35.8 Å². The van der Waals surface area contributed by atoms with Crippen LogP contribution in [0.3, 0.4) is 0 Å². The number of thiocarbonyl (C=S) groups is 1. The average Bonchev–Trinajstić information content (AvgIpc) is 3.08. The molecule has 1 amide bonds. The number of ether oxygens (including phenoxy) is 2. The van der Waals surface area contributed by atoms with Crippen LogP contribution in [0, 0.1) is 0 Å². The highest BCUT2D eigenvalue weighted by atomic mass is 32.1. The predicted octanol–water partition coefficient (Wildman–Crippen LogP) is 4.03. The summed E-state index contributed by atoms with van der Waals surface area (Å²) in [6.45, 7) is 0. The first-order chi connectivity index (χ1) is 14.5. The van der Waals surface area contributed by atoms with Gasteiger partial charge in [0.15, 0.2) is 4.80 Å². The largest absolute Gasteiger partial charge is 0.497 e. The second-order valence-corrected chi connectivity index (χ2v) is 7.95. The molecular weight excluding hydrogens is 418 g/mol. The Balaban J connectivity index is 1.66. The number of nitrogens with one attached hydrogen (secondary N) is 1. The lowest BCUT2D eigenvalue weighted by molar-refractivity contribution is 0.0976. The number of rotatable bonds is 3. The van der Waals surface area contributed by atoms with Crippen molar-refractivity contribution in [3.05, 3.63) is 65.0 Å². The minimum absolute atomic E-state index is 0.0910. The maximum Gasteiger partial charge on any atom is 0.257 e. The van der Waals surface area contributed by atoms with Gasteiger partial charge in [-0.2, -0.15) is 4.99 Å². The Kier molecular flexibility index (Phi) is 5.52. The summed E-state index contributed by atoms with van der Waals surface area (Å²) in [5, 5.41) is 5.06. The summed E-state index contributed by atoms with van der Waals surface area (Å²) in [6, 6.07) is 17.3. The van der Waals surface area contributed by atoms with Crippen LogP contribution in [0.15, 0.2) is 59.6 Å². The molecule has 0 unspecified atom stereocenters. The van der Waals surface area contributed by atoms with Gasteiger partial charge in [-0.15, -0.1) is 0 Å². The van der Waals surface area contributed by atoms with Crippen molar-refractivity contribution in [2.45, 2.75) is 0 Å². The normalized spacial score (nSPS) is 11.6. The lowest BCUT2D eigenvalue weighted by Crippen LogP contribution is -2.29. The molecule has 0 fully saturated rings. The van der Waals surface area contributed by atoms with E-state index in [0.29, 0.717) is 21.9 Å². The van der Waals surface area contributed by atoms with E-state index in [1.165, 1.54) is 25.6 Å². The zero-order chi connectivity index (χ0) is 21.3. The van der Waals surface area contributed by atoms with Gasteiger partial charge in [0.2, 0.25) is 5.11 Å². The van der Waals surface area contributed by atoms with Gasteiger partial charge in [-0.1, -0.05) is 41.7 Å². The van der Waals surface area contributed by atoms with Gasteiger partial charge < -0.3 is 14.0 Å². The quantitative estimate of drug-likeness (QED) is 0.492. The molecule has 1 aromatic heterocycles. The maximum absolute atomic E-state index is 12.6. The van der Waals surface area contributed by atoms with Crippen LogP contribution in [0.1, 0.15) is 10.4 Å². The van der Waals surface area contributed by atoms with Crippen molar-refractivity contribution in [1.29, 1.82) is 0 Å². The molecule has 30 heavy (non-hydrogen) atoms. The second kappa shape index (κ2) is 8.25. The van der Waals surface area contributed by atoms with E-state index in [4.69, 9.17) is 21.7 Å². The van der Waals surface area contributed by atoms with Crippen LogP contribution in [-0.2, 0) is 7.05 Å². The number of hydrogen-bond acceptors (Lipinski definition) is 5. The summed E-state index contributed by atoms with van der Waals surface area (Å²) >= 11 is 6.85. The van der Waals surface area contributed by atoms with Crippen molar-refractivity contribution in [3.63, 3.8) is 0 Å². The summed E-state index contributed by atoms with van der Waals surface area (Å²) in [6.07, 6.45) is 0. The fraction of sp³-hybridized carbons (Fsp3) is 0.136. The van der Waals surface area contributed by atoms with Gasteiger partial charge in [0, 0.05) is 24.1 Å². The number of thiazole rings is 1. The molecule has 0 aliphatic rings. The number of carbonyl (C=O) groups excluding carboxylic acids is 1. The Morgan fingerprint density at radius 2 is 1.77 bits per heavy atom. The van der Waals surface area contributed by atoms with Crippen molar-refractivity contribution in [1.82, 2.24) is 9.88 Å². The molecule has 0 saturated carbocycles. The van der Waals surface area contributed by atoms with Gasteiger partial charge >= 0.3 is 0 Å². The highest BCUT2D eigenvalue weighted by Crippen LogP contribution is 2.26. The Morgan fingerprint density at radius 1 is 1.07 bits per heavy atom. The Morgan fingerprint density at radius 3 is 2.47 bits per heavy atom. The molecule has 0 spiro atoms. The highest BCUT2D eigenvalue weighted by Gasteiger charge is 2.12. The molecule has 0 saturated heterocycles. The number of carbonyl (C=O) groups is 1. The summed E-state index contributed by atoms with van der Waals surface area (Å²) in [4.78, 5) is 17.8. The van der Waals surface area contributed by atoms with E-state index >= 15 is 0 Å². The lowest BCUT2D eigenvalue weighted by atomic mass is 10.1. The van der Waals surface area contributed by atoms with Gasteiger partial charge in [0.05, 0.1) is 24.4 Å². The number of hydrogen-bond donors (Lipinski definition) is 1. The molecule has 0 bridgehead atoms. The summed E-state index contributed by atoms with van der Waals surface area (Å²) in [5.74, 6) is 0.658. The van der Waals surface area contributed by atoms with Crippen molar-refractivity contribution in [2.75, 3.05) is 14.2 Å². The first-order valence-electron chi connectivity index (χ1n) is 9.10. The monoisotopic (exact) mass is 437 g/mol. The third-order valence-corrected chi connectivity index (χ3v) is 6.01. The fourth-order valence-corrected chi connectivity index (χ4v) is 4.52. The van der Waals surface area contributed by atoms with Crippen molar-refractivity contribution in [2.24, 2.45) is 12.0 Å². The van der Waals surface area contributed by atoms with Gasteiger partial charge in [0.25, 0.3) is 5.91 Å².